The van der Waals surface area contributed by atoms with E-state index in [-0.39, 0.29) is 11.9 Å². The first-order valence-electron chi connectivity index (χ1n) is 10.6. The lowest BCUT2D eigenvalue weighted by Gasteiger charge is -2.40. The van der Waals surface area contributed by atoms with Crippen LogP contribution in [-0.2, 0) is 0 Å². The average molecular weight is 436 g/mol. The highest BCUT2D eigenvalue weighted by molar-refractivity contribution is 6.30. The number of aromatic nitrogens is 3. The van der Waals surface area contributed by atoms with Gasteiger partial charge >= 0.3 is 0 Å². The fourth-order valence-corrected chi connectivity index (χ4v) is 4.24. The molecule has 2 atom stereocenters. The molecule has 1 N–H and O–H groups in total. The van der Waals surface area contributed by atoms with Gasteiger partial charge in [0.05, 0.1) is 16.6 Å². The van der Waals surface area contributed by atoms with Crippen LogP contribution in [0.25, 0.3) is 11.4 Å². The Bertz CT molecular complexity index is 1040. The van der Waals surface area contributed by atoms with Gasteiger partial charge in [0, 0.05) is 37.2 Å². The minimum absolute atomic E-state index is 0.0218. The van der Waals surface area contributed by atoms with Gasteiger partial charge in [-0.3, -0.25) is 4.79 Å². The maximum atomic E-state index is 13.8. The Hall–Kier alpha value is -2.99. The highest BCUT2D eigenvalue weighted by atomic mass is 35.5. The van der Waals surface area contributed by atoms with Gasteiger partial charge in [0.1, 0.15) is 5.82 Å². The van der Waals surface area contributed by atoms with Gasteiger partial charge in [0.25, 0.3) is 5.91 Å². The first-order valence-corrected chi connectivity index (χ1v) is 10.9. The summed E-state index contributed by atoms with van der Waals surface area (Å²) >= 11 is 5.94. The van der Waals surface area contributed by atoms with Gasteiger partial charge in [-0.1, -0.05) is 36.2 Å². The molecule has 6 nitrogen and oxygen atoms in total. The molecule has 1 aliphatic heterocycles. The van der Waals surface area contributed by atoms with Crippen LogP contribution in [0.4, 0.5) is 5.82 Å². The molecule has 3 aromatic rings. The molecule has 0 radical (unpaired) electrons. The maximum Gasteiger partial charge on any atom is 0.254 e. The predicted octanol–water partition coefficient (Wildman–Crippen LogP) is 4.85. The second-order valence-electron chi connectivity index (χ2n) is 8.05. The largest absolute Gasteiger partial charge is 0.368 e. The first kappa shape index (κ1) is 21.2. The van der Waals surface area contributed by atoms with Gasteiger partial charge in [-0.15, -0.1) is 0 Å². The number of rotatable bonds is 5. The van der Waals surface area contributed by atoms with E-state index in [9.17, 15) is 4.79 Å². The number of likely N-dealkylation sites (tertiary alicyclic amines) is 1. The lowest BCUT2D eigenvalue weighted by molar-refractivity contribution is 0.0540. The number of hydrogen-bond acceptors (Lipinski definition) is 5. The summed E-state index contributed by atoms with van der Waals surface area (Å²) < 4.78 is 0. The fourth-order valence-electron chi connectivity index (χ4n) is 4.12. The molecule has 3 heterocycles. The molecular weight excluding hydrogens is 410 g/mol. The summed E-state index contributed by atoms with van der Waals surface area (Å²) in [6.45, 7) is 5.56. The molecule has 2 unspecified atom stereocenters. The lowest BCUT2D eigenvalue weighted by atomic mass is 9.89. The number of carbonyl (C=O) groups excluding carboxylic acids is 1. The normalized spacial score (nSPS) is 18.6. The maximum absolute atomic E-state index is 13.8. The van der Waals surface area contributed by atoms with E-state index in [1.807, 2.05) is 42.2 Å². The number of halogens is 1. The third-order valence-electron chi connectivity index (χ3n) is 5.81. The quantitative estimate of drug-likeness (QED) is 0.620. The van der Waals surface area contributed by atoms with Gasteiger partial charge in [-0.2, -0.15) is 0 Å². The van der Waals surface area contributed by atoms with Crippen molar-refractivity contribution in [1.29, 1.82) is 0 Å². The van der Waals surface area contributed by atoms with Crippen LogP contribution < -0.4 is 5.32 Å². The van der Waals surface area contributed by atoms with E-state index in [0.717, 1.165) is 36.3 Å². The first-order chi connectivity index (χ1) is 15.0. The number of pyridine rings is 1. The Morgan fingerprint density at radius 2 is 2.00 bits per heavy atom. The number of piperidine rings is 1. The fraction of sp³-hybridized carbons (Fsp3) is 0.333. The third kappa shape index (κ3) is 4.85. The van der Waals surface area contributed by atoms with Crippen LogP contribution in [0.3, 0.4) is 0 Å². The van der Waals surface area contributed by atoms with Crippen molar-refractivity contribution >= 4 is 23.3 Å². The van der Waals surface area contributed by atoms with Crippen LogP contribution in [0, 0.1) is 12.8 Å². The van der Waals surface area contributed by atoms with Gasteiger partial charge in [-0.05, 0) is 49.9 Å². The summed E-state index contributed by atoms with van der Waals surface area (Å²) in [6.07, 6.45) is 7.10. The molecule has 4 rings (SSSR count). The lowest BCUT2D eigenvalue weighted by Crippen LogP contribution is -2.51. The van der Waals surface area contributed by atoms with Crippen LogP contribution in [0.15, 0.2) is 55.0 Å². The molecule has 160 valence electrons. The van der Waals surface area contributed by atoms with Crippen molar-refractivity contribution in [3.8, 4) is 11.4 Å². The molecule has 0 spiro atoms. The Morgan fingerprint density at radius 1 is 1.19 bits per heavy atom. The highest BCUT2D eigenvalue weighted by Gasteiger charge is 2.33. The van der Waals surface area contributed by atoms with Crippen molar-refractivity contribution < 1.29 is 4.79 Å². The van der Waals surface area contributed by atoms with E-state index in [1.54, 1.807) is 24.7 Å². The van der Waals surface area contributed by atoms with Crippen molar-refractivity contribution in [2.45, 2.75) is 32.7 Å². The zero-order chi connectivity index (χ0) is 21.8. The van der Waals surface area contributed by atoms with Gasteiger partial charge in [0.15, 0.2) is 5.82 Å². The van der Waals surface area contributed by atoms with Crippen molar-refractivity contribution in [2.75, 3.05) is 18.4 Å². The van der Waals surface area contributed by atoms with Crippen LogP contribution in [-0.4, -0.2) is 44.9 Å². The molecule has 0 saturated carbocycles. The Morgan fingerprint density at radius 3 is 2.74 bits per heavy atom. The van der Waals surface area contributed by atoms with Crippen molar-refractivity contribution in [3.05, 3.63) is 71.1 Å². The average Bonchev–Trinajstić information content (AvgIpc) is 2.79. The molecular formula is C24H26ClN5O. The highest BCUT2D eigenvalue weighted by Crippen LogP contribution is 2.29. The predicted molar refractivity (Wildman–Crippen MR) is 123 cm³/mol. The molecule has 0 aliphatic carbocycles. The Balaban J connectivity index is 1.61. The summed E-state index contributed by atoms with van der Waals surface area (Å²) in [6, 6.07) is 11.4. The Kier molecular flexibility index (Phi) is 6.47. The van der Waals surface area contributed by atoms with Crippen molar-refractivity contribution in [1.82, 2.24) is 19.9 Å². The second kappa shape index (κ2) is 9.43. The van der Waals surface area contributed by atoms with E-state index in [0.29, 0.717) is 28.9 Å². The number of anilines is 1. The minimum atomic E-state index is 0.0218. The minimum Gasteiger partial charge on any atom is -0.368 e. The van der Waals surface area contributed by atoms with E-state index in [2.05, 4.69) is 27.2 Å². The number of aryl methyl sites for hydroxylation is 1. The zero-order valence-corrected chi connectivity index (χ0v) is 18.5. The second-order valence-corrected chi connectivity index (χ2v) is 8.49. The van der Waals surface area contributed by atoms with Crippen LogP contribution in [0.1, 0.15) is 35.7 Å². The van der Waals surface area contributed by atoms with Crippen molar-refractivity contribution in [3.63, 3.8) is 0 Å². The molecule has 1 aromatic carbocycles. The molecule has 2 aromatic heterocycles. The summed E-state index contributed by atoms with van der Waals surface area (Å²) in [7, 11) is 0. The summed E-state index contributed by atoms with van der Waals surface area (Å²) in [5.41, 5.74) is 2.45. The van der Waals surface area contributed by atoms with E-state index in [4.69, 9.17) is 11.6 Å². The summed E-state index contributed by atoms with van der Waals surface area (Å²) in [4.78, 5) is 28.8. The van der Waals surface area contributed by atoms with Crippen molar-refractivity contribution in [2.24, 2.45) is 5.92 Å². The molecule has 1 amide bonds. The monoisotopic (exact) mass is 435 g/mol. The van der Waals surface area contributed by atoms with E-state index >= 15 is 0 Å². The smallest absolute Gasteiger partial charge is 0.254 e. The van der Waals surface area contributed by atoms with Crippen LogP contribution in [0.5, 0.6) is 0 Å². The number of hydrogen-bond donors (Lipinski definition) is 1. The number of nitrogens with zero attached hydrogens (tertiary/aromatic N) is 4. The summed E-state index contributed by atoms with van der Waals surface area (Å²) in [5, 5.41) is 3.98. The number of carbonyl (C=O) groups is 1. The molecule has 1 aliphatic rings. The van der Waals surface area contributed by atoms with Gasteiger partial charge < -0.3 is 10.2 Å². The number of amides is 1. The number of nitrogens with one attached hydrogen (secondary N) is 1. The SMILES string of the molecule is Cc1ccc(-c2ncccn2)c(C(=O)N2CCCC(C)C2CNc2ccc(Cl)cn2)c1. The molecule has 1 fully saturated rings. The molecule has 31 heavy (non-hydrogen) atoms. The Labute approximate surface area is 187 Å². The van der Waals surface area contributed by atoms with Gasteiger partial charge in [-0.25, -0.2) is 15.0 Å². The van der Waals surface area contributed by atoms with E-state index in [1.165, 1.54) is 0 Å². The molecule has 1 saturated heterocycles. The molecule has 7 heteroatoms. The zero-order valence-electron chi connectivity index (χ0n) is 17.8. The number of benzene rings is 1. The standard InChI is InChI=1S/C24H26ClN5O/c1-16-6-8-19(23-26-10-4-11-27-23)20(13-16)24(31)30-12-3-5-17(2)21(30)15-29-22-9-7-18(25)14-28-22/h4,6-11,13-14,17,21H,3,5,12,15H2,1-2H3,(H,28,29). The summed E-state index contributed by atoms with van der Waals surface area (Å²) in [5.74, 6) is 1.71. The van der Waals surface area contributed by atoms with Crippen LogP contribution >= 0.6 is 11.6 Å². The topological polar surface area (TPSA) is 71.0 Å². The van der Waals surface area contributed by atoms with E-state index < -0.39 is 0 Å². The van der Waals surface area contributed by atoms with Crippen LogP contribution in [0.2, 0.25) is 5.02 Å². The molecule has 0 bridgehead atoms. The van der Waals surface area contributed by atoms with Gasteiger partial charge in [0.2, 0.25) is 0 Å². The third-order valence-corrected chi connectivity index (χ3v) is 6.03.